The highest BCUT2D eigenvalue weighted by Crippen LogP contribution is 2.29. The molecule has 2 aromatic carbocycles. The van der Waals surface area contributed by atoms with Crippen molar-refractivity contribution >= 4 is 5.91 Å². The zero-order valence-corrected chi connectivity index (χ0v) is 17.0. The molecule has 0 bridgehead atoms. The molecule has 0 heterocycles. The third-order valence-corrected chi connectivity index (χ3v) is 4.53. The second-order valence-electron chi connectivity index (χ2n) is 6.62. The van der Waals surface area contributed by atoms with E-state index in [0.717, 1.165) is 22.4 Å². The fourth-order valence-electron chi connectivity index (χ4n) is 2.97. The van der Waals surface area contributed by atoms with Crippen LogP contribution in [0.25, 0.3) is 0 Å². The number of ether oxygens (including phenoxy) is 3. The monoisotopic (exact) mass is 371 g/mol. The quantitative estimate of drug-likeness (QED) is 0.749. The van der Waals surface area contributed by atoms with Crippen molar-refractivity contribution < 1.29 is 19.0 Å². The van der Waals surface area contributed by atoms with Crippen LogP contribution in [-0.2, 0) is 4.79 Å². The number of aryl methyl sites for hydroxylation is 2. The van der Waals surface area contributed by atoms with E-state index < -0.39 is 6.10 Å². The van der Waals surface area contributed by atoms with E-state index in [0.29, 0.717) is 17.9 Å². The van der Waals surface area contributed by atoms with Crippen molar-refractivity contribution in [1.82, 2.24) is 5.32 Å². The SMILES string of the molecule is CC[C@H](Oc1ccc(C)cc1C)C(=O)N[C@H](C)c1cc(OC)ccc1OC. The molecule has 0 aliphatic heterocycles. The molecule has 146 valence electrons. The molecule has 0 aliphatic rings. The first kappa shape index (κ1) is 20.6. The second kappa shape index (κ2) is 9.31. The molecule has 2 atom stereocenters. The van der Waals surface area contributed by atoms with E-state index in [1.165, 1.54) is 0 Å². The van der Waals surface area contributed by atoms with Crippen molar-refractivity contribution in [3.63, 3.8) is 0 Å². The van der Waals surface area contributed by atoms with E-state index >= 15 is 0 Å². The third-order valence-electron chi connectivity index (χ3n) is 4.53. The number of methoxy groups -OCH3 is 2. The van der Waals surface area contributed by atoms with Crippen molar-refractivity contribution in [3.05, 3.63) is 53.1 Å². The van der Waals surface area contributed by atoms with Gasteiger partial charge in [-0.25, -0.2) is 0 Å². The highest BCUT2D eigenvalue weighted by atomic mass is 16.5. The fourth-order valence-corrected chi connectivity index (χ4v) is 2.97. The highest BCUT2D eigenvalue weighted by molar-refractivity contribution is 5.81. The number of carbonyl (C=O) groups is 1. The highest BCUT2D eigenvalue weighted by Gasteiger charge is 2.23. The molecule has 5 nitrogen and oxygen atoms in total. The molecule has 5 heteroatoms. The first-order valence-electron chi connectivity index (χ1n) is 9.15. The van der Waals surface area contributed by atoms with E-state index in [9.17, 15) is 4.79 Å². The number of carbonyl (C=O) groups excluding carboxylic acids is 1. The Hall–Kier alpha value is -2.69. The van der Waals surface area contributed by atoms with Crippen LogP contribution in [-0.4, -0.2) is 26.2 Å². The molecule has 2 aromatic rings. The van der Waals surface area contributed by atoms with Gasteiger partial charge in [0.25, 0.3) is 5.91 Å². The Morgan fingerprint density at radius 2 is 1.74 bits per heavy atom. The van der Waals surface area contributed by atoms with Gasteiger partial charge in [-0.15, -0.1) is 0 Å². The summed E-state index contributed by atoms with van der Waals surface area (Å²) in [5.74, 6) is 1.99. The molecular weight excluding hydrogens is 342 g/mol. The Bertz CT molecular complexity index is 788. The molecule has 0 unspecified atom stereocenters. The number of amides is 1. The van der Waals surface area contributed by atoms with Gasteiger partial charge in [-0.05, 0) is 57.0 Å². The molecule has 1 amide bonds. The molecule has 0 saturated heterocycles. The summed E-state index contributed by atoms with van der Waals surface area (Å²) in [6.07, 6.45) is 0.00616. The lowest BCUT2D eigenvalue weighted by Gasteiger charge is -2.23. The Labute approximate surface area is 161 Å². The summed E-state index contributed by atoms with van der Waals surface area (Å²) in [6.45, 7) is 7.87. The number of nitrogens with one attached hydrogen (secondary N) is 1. The molecular formula is C22H29NO4. The molecule has 0 radical (unpaired) electrons. The van der Waals surface area contributed by atoms with Crippen molar-refractivity contribution in [2.24, 2.45) is 0 Å². The smallest absolute Gasteiger partial charge is 0.261 e. The van der Waals surface area contributed by atoms with E-state index in [1.54, 1.807) is 14.2 Å². The van der Waals surface area contributed by atoms with E-state index in [-0.39, 0.29) is 11.9 Å². The van der Waals surface area contributed by atoms with Crippen LogP contribution >= 0.6 is 0 Å². The van der Waals surface area contributed by atoms with Crippen LogP contribution in [0.4, 0.5) is 0 Å². The summed E-state index contributed by atoms with van der Waals surface area (Å²) < 4.78 is 16.7. The minimum Gasteiger partial charge on any atom is -0.497 e. The third kappa shape index (κ3) is 5.16. The standard InChI is InChI=1S/C22H29NO4/c1-7-19(27-20-10-8-14(2)12-15(20)3)22(24)23-16(4)18-13-17(25-5)9-11-21(18)26-6/h8-13,16,19H,7H2,1-6H3,(H,23,24)/t16-,19+/m1/s1. The predicted molar refractivity (Wildman–Crippen MR) is 107 cm³/mol. The van der Waals surface area contributed by atoms with Crippen LogP contribution in [0.3, 0.4) is 0 Å². The fraction of sp³-hybridized carbons (Fsp3) is 0.409. The average Bonchev–Trinajstić information content (AvgIpc) is 2.66. The lowest BCUT2D eigenvalue weighted by molar-refractivity contribution is -0.128. The van der Waals surface area contributed by atoms with Gasteiger partial charge in [-0.1, -0.05) is 24.6 Å². The van der Waals surface area contributed by atoms with Crippen LogP contribution in [0.2, 0.25) is 0 Å². The zero-order chi connectivity index (χ0) is 20.0. The van der Waals surface area contributed by atoms with Crippen LogP contribution in [0, 0.1) is 13.8 Å². The van der Waals surface area contributed by atoms with Gasteiger partial charge in [0.1, 0.15) is 17.2 Å². The number of rotatable bonds is 8. The summed E-state index contributed by atoms with van der Waals surface area (Å²) in [6, 6.07) is 11.2. The van der Waals surface area contributed by atoms with Crippen molar-refractivity contribution in [2.45, 2.75) is 46.3 Å². The van der Waals surface area contributed by atoms with Gasteiger partial charge in [0, 0.05) is 5.56 Å². The summed E-state index contributed by atoms with van der Waals surface area (Å²) in [5.41, 5.74) is 3.03. The van der Waals surface area contributed by atoms with Crippen molar-refractivity contribution in [3.8, 4) is 17.2 Å². The van der Waals surface area contributed by atoms with Gasteiger partial charge < -0.3 is 19.5 Å². The normalized spacial score (nSPS) is 12.8. The van der Waals surface area contributed by atoms with Gasteiger partial charge in [0.15, 0.2) is 6.10 Å². The second-order valence-corrected chi connectivity index (χ2v) is 6.62. The number of hydrogen-bond acceptors (Lipinski definition) is 4. The van der Waals surface area contributed by atoms with Crippen LogP contribution < -0.4 is 19.5 Å². The largest absolute Gasteiger partial charge is 0.497 e. The van der Waals surface area contributed by atoms with E-state index in [1.807, 2.05) is 64.1 Å². The maximum absolute atomic E-state index is 12.8. The lowest BCUT2D eigenvalue weighted by atomic mass is 10.1. The van der Waals surface area contributed by atoms with Gasteiger partial charge in [0.2, 0.25) is 0 Å². The van der Waals surface area contributed by atoms with Gasteiger partial charge in [-0.3, -0.25) is 4.79 Å². The summed E-state index contributed by atoms with van der Waals surface area (Å²) >= 11 is 0. The summed E-state index contributed by atoms with van der Waals surface area (Å²) in [5, 5.41) is 3.02. The topological polar surface area (TPSA) is 56.8 Å². The number of benzene rings is 2. The minimum atomic E-state index is -0.564. The van der Waals surface area contributed by atoms with Gasteiger partial charge in [0.05, 0.1) is 20.3 Å². The van der Waals surface area contributed by atoms with E-state index in [2.05, 4.69) is 5.32 Å². The van der Waals surface area contributed by atoms with Crippen LogP contribution in [0.15, 0.2) is 36.4 Å². The maximum Gasteiger partial charge on any atom is 0.261 e. The molecule has 2 rings (SSSR count). The van der Waals surface area contributed by atoms with Gasteiger partial charge >= 0.3 is 0 Å². The first-order chi connectivity index (χ1) is 12.9. The Morgan fingerprint density at radius 1 is 1.04 bits per heavy atom. The Balaban J connectivity index is 2.14. The first-order valence-corrected chi connectivity index (χ1v) is 9.15. The molecule has 0 saturated carbocycles. The minimum absolute atomic E-state index is 0.158. The maximum atomic E-state index is 12.8. The van der Waals surface area contributed by atoms with Crippen molar-refractivity contribution in [2.75, 3.05) is 14.2 Å². The van der Waals surface area contributed by atoms with E-state index in [4.69, 9.17) is 14.2 Å². The molecule has 27 heavy (non-hydrogen) atoms. The zero-order valence-electron chi connectivity index (χ0n) is 17.0. The lowest BCUT2D eigenvalue weighted by Crippen LogP contribution is -2.39. The summed E-state index contributed by atoms with van der Waals surface area (Å²) in [4.78, 5) is 12.8. The molecule has 0 aromatic heterocycles. The summed E-state index contributed by atoms with van der Waals surface area (Å²) in [7, 11) is 3.22. The van der Waals surface area contributed by atoms with Crippen LogP contribution in [0.5, 0.6) is 17.2 Å². The number of hydrogen-bond donors (Lipinski definition) is 1. The predicted octanol–water partition coefficient (Wildman–Crippen LogP) is 4.36. The molecule has 0 fully saturated rings. The Morgan fingerprint density at radius 3 is 2.33 bits per heavy atom. The van der Waals surface area contributed by atoms with Crippen LogP contribution in [0.1, 0.15) is 43.0 Å². The van der Waals surface area contributed by atoms with Gasteiger partial charge in [-0.2, -0.15) is 0 Å². The Kier molecular flexibility index (Phi) is 7.11. The molecule has 0 aliphatic carbocycles. The van der Waals surface area contributed by atoms with Crippen molar-refractivity contribution in [1.29, 1.82) is 0 Å². The molecule has 0 spiro atoms. The average molecular weight is 371 g/mol. The molecule has 1 N–H and O–H groups in total.